The average Bonchev–Trinajstić information content (AvgIpc) is 2.78. The zero-order chi connectivity index (χ0) is 10.3. The molecule has 0 bridgehead atoms. The van der Waals surface area contributed by atoms with Gasteiger partial charge >= 0.3 is 0 Å². The van der Waals surface area contributed by atoms with Crippen LogP contribution in [0.25, 0.3) is 5.57 Å². The van der Waals surface area contributed by atoms with E-state index < -0.39 is 0 Å². The van der Waals surface area contributed by atoms with E-state index in [1.54, 1.807) is 0 Å². The van der Waals surface area contributed by atoms with Gasteiger partial charge < -0.3 is 10.1 Å². The van der Waals surface area contributed by atoms with E-state index in [1.165, 1.54) is 0 Å². The van der Waals surface area contributed by atoms with Gasteiger partial charge in [-0.1, -0.05) is 30.3 Å². The van der Waals surface area contributed by atoms with E-state index in [-0.39, 0.29) is 11.9 Å². The molecule has 2 aliphatic rings. The van der Waals surface area contributed by atoms with Gasteiger partial charge in [-0.05, 0) is 11.1 Å². The maximum atomic E-state index is 11.8. The van der Waals surface area contributed by atoms with Crippen LogP contribution in [0.3, 0.4) is 0 Å². The Kier molecular flexibility index (Phi) is 1.86. The van der Waals surface area contributed by atoms with E-state index in [1.807, 2.05) is 30.3 Å². The SMILES string of the molecule is O=C1NC2COCC2=C1c1ccccc1. The summed E-state index contributed by atoms with van der Waals surface area (Å²) in [5.74, 6) is 0.0319. The third-order valence-electron chi connectivity index (χ3n) is 2.88. The predicted molar refractivity (Wildman–Crippen MR) is 56.1 cm³/mol. The van der Waals surface area contributed by atoms with E-state index >= 15 is 0 Å². The van der Waals surface area contributed by atoms with Crippen LogP contribution in [0.15, 0.2) is 35.9 Å². The number of carbonyl (C=O) groups is 1. The number of nitrogens with one attached hydrogen (secondary N) is 1. The summed E-state index contributed by atoms with van der Waals surface area (Å²) in [4.78, 5) is 11.8. The lowest BCUT2D eigenvalue weighted by Crippen LogP contribution is -2.29. The molecule has 15 heavy (non-hydrogen) atoms. The third kappa shape index (κ3) is 1.27. The number of rotatable bonds is 1. The monoisotopic (exact) mass is 201 g/mol. The Balaban J connectivity index is 2.11. The largest absolute Gasteiger partial charge is 0.375 e. The van der Waals surface area contributed by atoms with Gasteiger partial charge in [0, 0.05) is 0 Å². The van der Waals surface area contributed by atoms with Crippen molar-refractivity contribution in [2.45, 2.75) is 6.04 Å². The highest BCUT2D eigenvalue weighted by atomic mass is 16.5. The molecule has 1 amide bonds. The lowest BCUT2D eigenvalue weighted by Gasteiger charge is -2.02. The summed E-state index contributed by atoms with van der Waals surface area (Å²) in [5, 5.41) is 2.93. The van der Waals surface area contributed by atoms with Crippen molar-refractivity contribution in [1.29, 1.82) is 0 Å². The van der Waals surface area contributed by atoms with Crippen LogP contribution in [0.4, 0.5) is 0 Å². The minimum absolute atomic E-state index is 0.0319. The fraction of sp³-hybridized carbons (Fsp3) is 0.250. The van der Waals surface area contributed by atoms with Crippen molar-refractivity contribution in [2.24, 2.45) is 0 Å². The van der Waals surface area contributed by atoms with Crippen molar-refractivity contribution in [3.8, 4) is 0 Å². The molecule has 1 saturated heterocycles. The molecular formula is C12H11NO2. The van der Waals surface area contributed by atoms with Crippen LogP contribution in [-0.2, 0) is 9.53 Å². The fourth-order valence-electron chi connectivity index (χ4n) is 2.16. The smallest absolute Gasteiger partial charge is 0.252 e. The van der Waals surface area contributed by atoms with Crippen molar-refractivity contribution in [3.05, 3.63) is 41.5 Å². The predicted octanol–water partition coefficient (Wildman–Crippen LogP) is 0.969. The molecule has 1 atom stereocenters. The Morgan fingerprint density at radius 3 is 2.87 bits per heavy atom. The highest BCUT2D eigenvalue weighted by Gasteiger charge is 2.35. The van der Waals surface area contributed by atoms with Gasteiger partial charge in [0.15, 0.2) is 0 Å². The maximum Gasteiger partial charge on any atom is 0.252 e. The molecule has 0 saturated carbocycles. The number of hydrogen-bond donors (Lipinski definition) is 1. The summed E-state index contributed by atoms with van der Waals surface area (Å²) in [7, 11) is 0. The van der Waals surface area contributed by atoms with Gasteiger partial charge in [-0.2, -0.15) is 0 Å². The summed E-state index contributed by atoms with van der Waals surface area (Å²) in [6, 6.07) is 9.86. The minimum Gasteiger partial charge on any atom is -0.375 e. The highest BCUT2D eigenvalue weighted by Crippen LogP contribution is 2.30. The molecule has 76 valence electrons. The number of ether oxygens (including phenoxy) is 1. The van der Waals surface area contributed by atoms with Crippen molar-refractivity contribution < 1.29 is 9.53 Å². The first-order valence-corrected chi connectivity index (χ1v) is 5.03. The van der Waals surface area contributed by atoms with Gasteiger partial charge in [-0.3, -0.25) is 4.79 Å². The topological polar surface area (TPSA) is 38.3 Å². The zero-order valence-corrected chi connectivity index (χ0v) is 8.19. The second-order valence-corrected chi connectivity index (χ2v) is 3.81. The van der Waals surface area contributed by atoms with Gasteiger partial charge in [-0.15, -0.1) is 0 Å². The molecule has 2 aliphatic heterocycles. The zero-order valence-electron chi connectivity index (χ0n) is 8.19. The fourth-order valence-corrected chi connectivity index (χ4v) is 2.16. The Morgan fingerprint density at radius 2 is 2.07 bits per heavy atom. The Hall–Kier alpha value is -1.61. The van der Waals surface area contributed by atoms with E-state index in [9.17, 15) is 4.79 Å². The summed E-state index contributed by atoms with van der Waals surface area (Å²) in [6.07, 6.45) is 0. The Labute approximate surface area is 87.7 Å². The van der Waals surface area contributed by atoms with E-state index in [4.69, 9.17) is 4.74 Å². The Bertz CT molecular complexity index is 436. The molecule has 1 fully saturated rings. The first kappa shape index (κ1) is 8.68. The number of carbonyl (C=O) groups excluding carboxylic acids is 1. The second-order valence-electron chi connectivity index (χ2n) is 3.81. The molecule has 3 heteroatoms. The van der Waals surface area contributed by atoms with E-state index in [0.29, 0.717) is 13.2 Å². The van der Waals surface area contributed by atoms with Crippen molar-refractivity contribution in [3.63, 3.8) is 0 Å². The molecule has 0 aliphatic carbocycles. The molecule has 0 spiro atoms. The molecular weight excluding hydrogens is 190 g/mol. The number of hydrogen-bond acceptors (Lipinski definition) is 2. The van der Waals surface area contributed by atoms with Crippen molar-refractivity contribution in [1.82, 2.24) is 5.32 Å². The molecule has 0 aromatic heterocycles. The first-order chi connectivity index (χ1) is 7.36. The number of benzene rings is 1. The summed E-state index contributed by atoms with van der Waals surface area (Å²) >= 11 is 0. The van der Waals surface area contributed by atoms with Crippen LogP contribution in [0.5, 0.6) is 0 Å². The van der Waals surface area contributed by atoms with Gasteiger partial charge in [0.25, 0.3) is 5.91 Å². The van der Waals surface area contributed by atoms with Crippen LogP contribution in [0, 0.1) is 0 Å². The summed E-state index contributed by atoms with van der Waals surface area (Å²) in [5.41, 5.74) is 2.89. The number of fused-ring (bicyclic) bond motifs is 1. The van der Waals surface area contributed by atoms with Crippen LogP contribution < -0.4 is 5.32 Å². The van der Waals surface area contributed by atoms with Gasteiger partial charge in [0.05, 0.1) is 24.8 Å². The van der Waals surface area contributed by atoms with Crippen molar-refractivity contribution >= 4 is 11.5 Å². The summed E-state index contributed by atoms with van der Waals surface area (Å²) in [6.45, 7) is 1.19. The number of amides is 1. The molecule has 1 unspecified atom stereocenters. The highest BCUT2D eigenvalue weighted by molar-refractivity contribution is 6.23. The molecule has 1 aromatic carbocycles. The van der Waals surface area contributed by atoms with E-state index in [0.717, 1.165) is 16.7 Å². The quantitative estimate of drug-likeness (QED) is 0.735. The van der Waals surface area contributed by atoms with Gasteiger partial charge in [0.2, 0.25) is 0 Å². The molecule has 3 rings (SSSR count). The molecule has 1 aromatic rings. The van der Waals surface area contributed by atoms with Gasteiger partial charge in [0.1, 0.15) is 0 Å². The van der Waals surface area contributed by atoms with Gasteiger partial charge in [-0.25, -0.2) is 0 Å². The van der Waals surface area contributed by atoms with Crippen LogP contribution in [-0.4, -0.2) is 25.2 Å². The van der Waals surface area contributed by atoms with Crippen LogP contribution >= 0.6 is 0 Å². The summed E-state index contributed by atoms with van der Waals surface area (Å²) < 4.78 is 5.34. The molecule has 3 nitrogen and oxygen atoms in total. The van der Waals surface area contributed by atoms with Crippen LogP contribution in [0.2, 0.25) is 0 Å². The van der Waals surface area contributed by atoms with Crippen LogP contribution in [0.1, 0.15) is 5.56 Å². The maximum absolute atomic E-state index is 11.8. The average molecular weight is 201 g/mol. The lowest BCUT2D eigenvalue weighted by atomic mass is 10.0. The second kappa shape index (κ2) is 3.21. The Morgan fingerprint density at radius 1 is 1.27 bits per heavy atom. The van der Waals surface area contributed by atoms with E-state index in [2.05, 4.69) is 5.32 Å². The molecule has 0 radical (unpaired) electrons. The first-order valence-electron chi connectivity index (χ1n) is 5.03. The van der Waals surface area contributed by atoms with Crippen molar-refractivity contribution in [2.75, 3.05) is 13.2 Å². The normalized spacial score (nSPS) is 24.3. The lowest BCUT2D eigenvalue weighted by molar-refractivity contribution is -0.115. The third-order valence-corrected chi connectivity index (χ3v) is 2.88. The molecule has 1 N–H and O–H groups in total. The molecule has 2 heterocycles. The standard InChI is InChI=1S/C12H11NO2/c14-12-11(8-4-2-1-3-5-8)9-6-15-7-10(9)13-12/h1-5,10H,6-7H2,(H,13,14). The minimum atomic E-state index is 0.0319.